The van der Waals surface area contributed by atoms with E-state index >= 15 is 0 Å². The van der Waals surface area contributed by atoms with Gasteiger partial charge in [0.05, 0.1) is 11.2 Å². The minimum atomic E-state index is 0.254. The van der Waals surface area contributed by atoms with E-state index in [0.717, 1.165) is 48.7 Å². The van der Waals surface area contributed by atoms with Crippen molar-refractivity contribution in [1.82, 2.24) is 4.98 Å². The van der Waals surface area contributed by atoms with Crippen LogP contribution in [-0.4, -0.2) is 16.7 Å². The zero-order valence-corrected chi connectivity index (χ0v) is 18.9. The molecule has 3 aromatic carbocycles. The van der Waals surface area contributed by atoms with Crippen LogP contribution in [0.5, 0.6) is 0 Å². The van der Waals surface area contributed by atoms with E-state index in [1.807, 2.05) is 24.3 Å². The molecule has 4 aromatic rings. The zero-order chi connectivity index (χ0) is 22.2. The molecule has 0 atom stereocenters. The van der Waals surface area contributed by atoms with E-state index < -0.39 is 0 Å². The normalized spacial score (nSPS) is 11.4. The van der Waals surface area contributed by atoms with Crippen LogP contribution in [0.4, 0.5) is 0 Å². The molecule has 2 nitrogen and oxygen atoms in total. The van der Waals surface area contributed by atoms with Gasteiger partial charge in [0.15, 0.2) is 0 Å². The molecule has 1 N–H and O–H groups in total. The molecule has 1 aromatic heterocycles. The van der Waals surface area contributed by atoms with Gasteiger partial charge in [0, 0.05) is 17.0 Å². The number of aryl methyl sites for hydroxylation is 3. The van der Waals surface area contributed by atoms with Gasteiger partial charge < -0.3 is 5.11 Å². The highest BCUT2D eigenvalue weighted by Crippen LogP contribution is 2.19. The van der Waals surface area contributed by atoms with Gasteiger partial charge in [-0.15, -0.1) is 0 Å². The second-order valence-corrected chi connectivity index (χ2v) is 8.59. The van der Waals surface area contributed by atoms with Crippen LogP contribution in [0.25, 0.3) is 23.1 Å². The molecule has 0 aliphatic heterocycles. The molecule has 0 aliphatic rings. The Labute approximate surface area is 195 Å². The van der Waals surface area contributed by atoms with E-state index in [-0.39, 0.29) is 6.61 Å². The van der Waals surface area contributed by atoms with Crippen LogP contribution in [0.1, 0.15) is 40.8 Å². The monoisotopic (exact) mass is 441 g/mol. The van der Waals surface area contributed by atoms with E-state index in [2.05, 4.69) is 66.7 Å². The number of pyridine rings is 1. The highest BCUT2D eigenvalue weighted by molar-refractivity contribution is 6.31. The van der Waals surface area contributed by atoms with E-state index in [0.29, 0.717) is 5.02 Å². The largest absolute Gasteiger partial charge is 0.396 e. The number of hydrogen-bond donors (Lipinski definition) is 1. The maximum Gasteiger partial charge on any atom is 0.0724 e. The fourth-order valence-electron chi connectivity index (χ4n) is 3.89. The average Bonchev–Trinajstić information content (AvgIpc) is 2.82. The van der Waals surface area contributed by atoms with Crippen molar-refractivity contribution in [1.29, 1.82) is 0 Å². The topological polar surface area (TPSA) is 33.1 Å². The van der Waals surface area contributed by atoms with Crippen LogP contribution in [0, 0.1) is 0 Å². The van der Waals surface area contributed by atoms with Gasteiger partial charge in [0.2, 0.25) is 0 Å². The van der Waals surface area contributed by atoms with Crippen molar-refractivity contribution in [3.8, 4) is 0 Å². The standard InChI is InChI=1S/C29H28ClNO/c30-27-16-14-26-15-18-28(31-29(26)21-27)17-13-25-7-2-6-24(20-25)5-1-4-22-9-11-23(12-10-22)8-3-19-32/h2,6-7,9-18,20-21,32H,1,3-5,8,19H2/b17-13+. The number of aromatic nitrogens is 1. The highest BCUT2D eigenvalue weighted by atomic mass is 35.5. The molecule has 0 saturated heterocycles. The SMILES string of the molecule is OCCCc1ccc(CCCc2cccc(/C=C/c3ccc4ccc(Cl)cc4n3)c2)cc1. The van der Waals surface area contributed by atoms with Crippen molar-refractivity contribution in [2.45, 2.75) is 32.1 Å². The predicted octanol–water partition coefficient (Wildman–Crippen LogP) is 7.16. The van der Waals surface area contributed by atoms with Crippen molar-refractivity contribution in [2.24, 2.45) is 0 Å². The predicted molar refractivity (Wildman–Crippen MR) is 136 cm³/mol. The highest BCUT2D eigenvalue weighted by Gasteiger charge is 2.00. The van der Waals surface area contributed by atoms with Gasteiger partial charge in [0.1, 0.15) is 0 Å². The van der Waals surface area contributed by atoms with Gasteiger partial charge in [-0.05, 0) is 78.6 Å². The Morgan fingerprint density at radius 1 is 0.719 bits per heavy atom. The summed E-state index contributed by atoms with van der Waals surface area (Å²) >= 11 is 6.10. The number of fused-ring (bicyclic) bond motifs is 1. The number of halogens is 1. The number of benzene rings is 3. The molecule has 1 heterocycles. The van der Waals surface area contributed by atoms with E-state index in [9.17, 15) is 0 Å². The second kappa shape index (κ2) is 11.1. The lowest BCUT2D eigenvalue weighted by Crippen LogP contribution is -1.93. The van der Waals surface area contributed by atoms with E-state index in [1.54, 1.807) is 0 Å². The van der Waals surface area contributed by atoms with Crippen molar-refractivity contribution in [3.63, 3.8) is 0 Å². The molecule has 0 aliphatic carbocycles. The number of aliphatic hydroxyl groups is 1. The van der Waals surface area contributed by atoms with Gasteiger partial charge in [-0.1, -0.05) is 78.3 Å². The number of rotatable bonds is 9. The van der Waals surface area contributed by atoms with Gasteiger partial charge >= 0.3 is 0 Å². The smallest absolute Gasteiger partial charge is 0.0724 e. The third-order valence-corrected chi connectivity index (χ3v) is 5.89. The molecule has 0 bridgehead atoms. The Bertz CT molecular complexity index is 1200. The minimum Gasteiger partial charge on any atom is -0.396 e. The van der Waals surface area contributed by atoms with Crippen LogP contribution in [-0.2, 0) is 19.3 Å². The van der Waals surface area contributed by atoms with Crippen molar-refractivity contribution in [2.75, 3.05) is 6.61 Å². The van der Waals surface area contributed by atoms with Gasteiger partial charge in [-0.2, -0.15) is 0 Å². The first-order chi connectivity index (χ1) is 15.7. The Hall–Kier alpha value is -2.94. The molecule has 4 rings (SSSR count). The van der Waals surface area contributed by atoms with Crippen LogP contribution in [0.3, 0.4) is 0 Å². The Kier molecular flexibility index (Phi) is 7.71. The second-order valence-electron chi connectivity index (χ2n) is 8.15. The van der Waals surface area contributed by atoms with Crippen LogP contribution in [0.2, 0.25) is 5.02 Å². The molecular weight excluding hydrogens is 414 g/mol. The van der Waals surface area contributed by atoms with Crippen molar-refractivity contribution in [3.05, 3.63) is 112 Å². The molecule has 32 heavy (non-hydrogen) atoms. The summed E-state index contributed by atoms with van der Waals surface area (Å²) < 4.78 is 0. The van der Waals surface area contributed by atoms with Gasteiger partial charge in [0.25, 0.3) is 0 Å². The van der Waals surface area contributed by atoms with Gasteiger partial charge in [-0.3, -0.25) is 0 Å². The summed E-state index contributed by atoms with van der Waals surface area (Å²) in [5.41, 5.74) is 7.04. The fourth-order valence-corrected chi connectivity index (χ4v) is 4.05. The molecule has 0 amide bonds. The number of aliphatic hydroxyl groups excluding tert-OH is 1. The van der Waals surface area contributed by atoms with Crippen LogP contribution in [0.15, 0.2) is 78.9 Å². The van der Waals surface area contributed by atoms with E-state index in [1.165, 1.54) is 22.3 Å². The van der Waals surface area contributed by atoms with Gasteiger partial charge in [-0.25, -0.2) is 4.98 Å². The molecule has 0 fully saturated rings. The molecule has 3 heteroatoms. The summed E-state index contributed by atoms with van der Waals surface area (Å²) in [5, 5.41) is 10.7. The third kappa shape index (κ3) is 6.29. The summed E-state index contributed by atoms with van der Waals surface area (Å²) in [6.45, 7) is 0.254. The van der Waals surface area contributed by atoms with Crippen molar-refractivity contribution >= 4 is 34.7 Å². The lowest BCUT2D eigenvalue weighted by atomic mass is 10.0. The maximum absolute atomic E-state index is 8.95. The lowest BCUT2D eigenvalue weighted by molar-refractivity contribution is 0.288. The first kappa shape index (κ1) is 22.3. The number of nitrogens with zero attached hydrogens (tertiary/aromatic N) is 1. The molecular formula is C29H28ClNO. The molecule has 0 saturated carbocycles. The van der Waals surface area contributed by atoms with Crippen LogP contribution < -0.4 is 0 Å². The molecule has 0 radical (unpaired) electrons. The summed E-state index contributed by atoms with van der Waals surface area (Å²) in [7, 11) is 0. The summed E-state index contributed by atoms with van der Waals surface area (Å²) in [5.74, 6) is 0. The Morgan fingerprint density at radius 3 is 2.22 bits per heavy atom. The third-order valence-electron chi connectivity index (χ3n) is 5.65. The first-order valence-electron chi connectivity index (χ1n) is 11.2. The molecule has 0 unspecified atom stereocenters. The lowest BCUT2D eigenvalue weighted by Gasteiger charge is -2.05. The number of hydrogen-bond acceptors (Lipinski definition) is 2. The van der Waals surface area contributed by atoms with Crippen LogP contribution >= 0.6 is 11.6 Å². The van der Waals surface area contributed by atoms with Crippen molar-refractivity contribution < 1.29 is 5.11 Å². The summed E-state index contributed by atoms with van der Waals surface area (Å²) in [4.78, 5) is 4.70. The summed E-state index contributed by atoms with van der Waals surface area (Å²) in [6.07, 6.45) is 9.20. The first-order valence-corrected chi connectivity index (χ1v) is 11.6. The maximum atomic E-state index is 8.95. The Balaban J connectivity index is 1.34. The summed E-state index contributed by atoms with van der Waals surface area (Å²) in [6, 6.07) is 27.4. The quantitative estimate of drug-likeness (QED) is 0.299. The fraction of sp³-hybridized carbons (Fsp3) is 0.207. The average molecular weight is 442 g/mol. The van der Waals surface area contributed by atoms with E-state index in [4.69, 9.17) is 21.7 Å². The minimum absolute atomic E-state index is 0.254. The molecule has 0 spiro atoms. The zero-order valence-electron chi connectivity index (χ0n) is 18.2. The molecule has 162 valence electrons. The Morgan fingerprint density at radius 2 is 1.44 bits per heavy atom.